The molecule has 2 rings (SSSR count). The van der Waals surface area contributed by atoms with Crippen LogP contribution in [0.3, 0.4) is 0 Å². The molecule has 0 saturated carbocycles. The van der Waals surface area contributed by atoms with Gasteiger partial charge in [-0.2, -0.15) is 0 Å². The summed E-state index contributed by atoms with van der Waals surface area (Å²) in [7, 11) is 0. The SMILES string of the molecule is Cc1cc(C(NCc2ccccc2)C(=O)O)ccc1Br. The third kappa shape index (κ3) is 3.68. The lowest BCUT2D eigenvalue weighted by Crippen LogP contribution is -2.28. The van der Waals surface area contributed by atoms with Crippen LogP contribution in [0.25, 0.3) is 0 Å². The van der Waals surface area contributed by atoms with Gasteiger partial charge in [0.1, 0.15) is 6.04 Å². The first-order chi connectivity index (χ1) is 9.58. The van der Waals surface area contributed by atoms with Gasteiger partial charge in [-0.1, -0.05) is 58.4 Å². The van der Waals surface area contributed by atoms with Crippen molar-refractivity contribution in [2.24, 2.45) is 0 Å². The second-order valence-electron chi connectivity index (χ2n) is 4.65. The molecule has 0 aromatic heterocycles. The lowest BCUT2D eigenvalue weighted by atomic mass is 10.0. The molecule has 4 heteroatoms. The molecule has 20 heavy (non-hydrogen) atoms. The van der Waals surface area contributed by atoms with Crippen LogP contribution >= 0.6 is 15.9 Å². The largest absolute Gasteiger partial charge is 0.480 e. The number of carboxylic acid groups (broad SMARTS) is 1. The molecular formula is C16H16BrNO2. The Hall–Kier alpha value is -1.65. The molecule has 1 unspecified atom stereocenters. The number of carbonyl (C=O) groups is 1. The van der Waals surface area contributed by atoms with E-state index in [1.165, 1.54) is 0 Å². The van der Waals surface area contributed by atoms with Crippen molar-refractivity contribution in [1.82, 2.24) is 5.32 Å². The van der Waals surface area contributed by atoms with Gasteiger partial charge in [-0.05, 0) is 29.7 Å². The predicted molar refractivity (Wildman–Crippen MR) is 82.5 cm³/mol. The monoisotopic (exact) mass is 333 g/mol. The minimum atomic E-state index is -0.873. The molecule has 0 spiro atoms. The lowest BCUT2D eigenvalue weighted by Gasteiger charge is -2.16. The summed E-state index contributed by atoms with van der Waals surface area (Å²) in [6, 6.07) is 14.7. The van der Waals surface area contributed by atoms with Crippen LogP contribution in [0.15, 0.2) is 53.0 Å². The van der Waals surface area contributed by atoms with Crippen LogP contribution in [-0.2, 0) is 11.3 Å². The number of nitrogens with one attached hydrogen (secondary N) is 1. The number of carboxylic acids is 1. The van der Waals surface area contributed by atoms with E-state index < -0.39 is 12.0 Å². The summed E-state index contributed by atoms with van der Waals surface area (Å²) in [5.41, 5.74) is 2.84. The van der Waals surface area contributed by atoms with Crippen molar-refractivity contribution in [3.8, 4) is 0 Å². The van der Waals surface area contributed by atoms with E-state index in [0.29, 0.717) is 6.54 Å². The van der Waals surface area contributed by atoms with Gasteiger partial charge in [0.05, 0.1) is 0 Å². The summed E-state index contributed by atoms with van der Waals surface area (Å²) in [6.45, 7) is 2.47. The average molecular weight is 334 g/mol. The van der Waals surface area contributed by atoms with Gasteiger partial charge in [0.25, 0.3) is 0 Å². The maximum absolute atomic E-state index is 11.4. The maximum Gasteiger partial charge on any atom is 0.325 e. The number of aliphatic carboxylic acids is 1. The molecule has 3 nitrogen and oxygen atoms in total. The van der Waals surface area contributed by atoms with Crippen LogP contribution in [0.4, 0.5) is 0 Å². The minimum absolute atomic E-state index is 0.521. The Labute approximate surface area is 126 Å². The summed E-state index contributed by atoms with van der Waals surface area (Å²) in [5.74, 6) is -0.873. The highest BCUT2D eigenvalue weighted by Gasteiger charge is 2.19. The Morgan fingerprint density at radius 1 is 1.25 bits per heavy atom. The highest BCUT2D eigenvalue weighted by molar-refractivity contribution is 9.10. The summed E-state index contributed by atoms with van der Waals surface area (Å²) < 4.78 is 0.980. The third-order valence-electron chi connectivity index (χ3n) is 3.12. The Morgan fingerprint density at radius 2 is 1.95 bits per heavy atom. The molecule has 0 radical (unpaired) electrons. The third-order valence-corrected chi connectivity index (χ3v) is 4.01. The van der Waals surface area contributed by atoms with Crippen LogP contribution in [0, 0.1) is 6.92 Å². The van der Waals surface area contributed by atoms with Gasteiger partial charge in [-0.25, -0.2) is 0 Å². The molecule has 1 atom stereocenters. The van der Waals surface area contributed by atoms with Crippen molar-refractivity contribution in [3.63, 3.8) is 0 Å². The van der Waals surface area contributed by atoms with Crippen LogP contribution in [0.2, 0.25) is 0 Å². The second-order valence-corrected chi connectivity index (χ2v) is 5.50. The highest BCUT2D eigenvalue weighted by atomic mass is 79.9. The van der Waals surface area contributed by atoms with Crippen molar-refractivity contribution in [1.29, 1.82) is 0 Å². The zero-order valence-corrected chi connectivity index (χ0v) is 12.7. The first-order valence-corrected chi connectivity index (χ1v) is 7.13. The molecule has 2 N–H and O–H groups in total. The fraction of sp³-hybridized carbons (Fsp3) is 0.188. The number of benzene rings is 2. The normalized spacial score (nSPS) is 12.1. The molecule has 2 aromatic carbocycles. The number of hydrogen-bond acceptors (Lipinski definition) is 2. The van der Waals surface area contributed by atoms with Gasteiger partial charge in [0, 0.05) is 11.0 Å². The average Bonchev–Trinajstić information content (AvgIpc) is 2.43. The molecule has 0 bridgehead atoms. The van der Waals surface area contributed by atoms with E-state index >= 15 is 0 Å². The van der Waals surface area contributed by atoms with E-state index in [2.05, 4.69) is 21.2 Å². The Balaban J connectivity index is 2.15. The molecule has 0 fully saturated rings. The first kappa shape index (κ1) is 14.8. The van der Waals surface area contributed by atoms with Crippen molar-refractivity contribution < 1.29 is 9.90 Å². The lowest BCUT2D eigenvalue weighted by molar-refractivity contribution is -0.139. The second kappa shape index (κ2) is 6.68. The van der Waals surface area contributed by atoms with Gasteiger partial charge >= 0.3 is 5.97 Å². The van der Waals surface area contributed by atoms with E-state index in [1.54, 1.807) is 0 Å². The number of halogens is 1. The van der Waals surface area contributed by atoms with Gasteiger partial charge < -0.3 is 5.11 Å². The van der Waals surface area contributed by atoms with Gasteiger partial charge in [0.15, 0.2) is 0 Å². The van der Waals surface area contributed by atoms with E-state index in [1.807, 2.05) is 55.5 Å². The van der Waals surface area contributed by atoms with Crippen molar-refractivity contribution >= 4 is 21.9 Å². The van der Waals surface area contributed by atoms with Crippen LogP contribution < -0.4 is 5.32 Å². The Morgan fingerprint density at radius 3 is 2.55 bits per heavy atom. The van der Waals surface area contributed by atoms with E-state index in [4.69, 9.17) is 0 Å². The number of aryl methyl sites for hydroxylation is 1. The Kier molecular flexibility index (Phi) is 4.93. The summed E-state index contributed by atoms with van der Waals surface area (Å²) in [6.07, 6.45) is 0. The molecule has 104 valence electrons. The molecule has 0 amide bonds. The molecule has 0 saturated heterocycles. The van der Waals surface area contributed by atoms with Crippen molar-refractivity contribution in [2.75, 3.05) is 0 Å². The fourth-order valence-electron chi connectivity index (χ4n) is 2.01. The van der Waals surface area contributed by atoms with Gasteiger partial charge in [0.2, 0.25) is 0 Å². The summed E-state index contributed by atoms with van der Waals surface area (Å²) in [5, 5.41) is 12.5. The number of hydrogen-bond donors (Lipinski definition) is 2. The van der Waals surface area contributed by atoms with Crippen molar-refractivity contribution in [2.45, 2.75) is 19.5 Å². The topological polar surface area (TPSA) is 49.3 Å². The zero-order valence-electron chi connectivity index (χ0n) is 11.1. The van der Waals surface area contributed by atoms with Gasteiger partial charge in [-0.15, -0.1) is 0 Å². The fourth-order valence-corrected chi connectivity index (χ4v) is 2.26. The quantitative estimate of drug-likeness (QED) is 0.877. The molecule has 0 heterocycles. The van der Waals surface area contributed by atoms with E-state index in [9.17, 15) is 9.90 Å². The molecule has 0 aliphatic heterocycles. The standard InChI is InChI=1S/C16H16BrNO2/c1-11-9-13(7-8-14(11)17)15(16(19)20)18-10-12-5-3-2-4-6-12/h2-9,15,18H,10H2,1H3,(H,19,20). The molecular weight excluding hydrogens is 318 g/mol. The molecule has 0 aliphatic carbocycles. The molecule has 0 aliphatic rings. The van der Waals surface area contributed by atoms with Crippen molar-refractivity contribution in [3.05, 3.63) is 69.7 Å². The smallest absolute Gasteiger partial charge is 0.325 e. The van der Waals surface area contributed by atoms with E-state index in [-0.39, 0.29) is 0 Å². The predicted octanol–water partition coefficient (Wildman–Crippen LogP) is 3.67. The summed E-state index contributed by atoms with van der Waals surface area (Å²) >= 11 is 3.42. The maximum atomic E-state index is 11.4. The van der Waals surface area contributed by atoms with Crippen LogP contribution in [-0.4, -0.2) is 11.1 Å². The minimum Gasteiger partial charge on any atom is -0.480 e. The molecule has 2 aromatic rings. The highest BCUT2D eigenvalue weighted by Crippen LogP contribution is 2.22. The Bertz CT molecular complexity index is 599. The van der Waals surface area contributed by atoms with Crippen LogP contribution in [0.5, 0.6) is 0 Å². The zero-order chi connectivity index (χ0) is 14.5. The number of rotatable bonds is 5. The first-order valence-electron chi connectivity index (χ1n) is 6.34. The van der Waals surface area contributed by atoms with Gasteiger partial charge in [-0.3, -0.25) is 10.1 Å². The summed E-state index contributed by atoms with van der Waals surface area (Å²) in [4.78, 5) is 11.4. The van der Waals surface area contributed by atoms with Crippen LogP contribution in [0.1, 0.15) is 22.7 Å². The van der Waals surface area contributed by atoms with E-state index in [0.717, 1.165) is 21.2 Å².